The van der Waals surface area contributed by atoms with E-state index in [0.717, 1.165) is 0 Å². The van der Waals surface area contributed by atoms with Crippen LogP contribution < -0.4 is 10.6 Å². The Morgan fingerprint density at radius 2 is 1.92 bits per heavy atom. The molecule has 9 heteroatoms. The van der Waals surface area contributed by atoms with Crippen LogP contribution in [0.25, 0.3) is 0 Å². The molecule has 3 rings (SSSR count). The van der Waals surface area contributed by atoms with Crippen LogP contribution in [-0.4, -0.2) is 26.8 Å². The van der Waals surface area contributed by atoms with Crippen LogP contribution in [0.1, 0.15) is 16.3 Å². The minimum Gasteiger partial charge on any atom is -0.326 e. The lowest BCUT2D eigenvalue weighted by molar-refractivity contribution is -0.115. The quantitative estimate of drug-likeness (QED) is 0.731. The summed E-state index contributed by atoms with van der Waals surface area (Å²) in [4.78, 5) is 35.8. The van der Waals surface area contributed by atoms with Crippen molar-refractivity contribution in [1.29, 1.82) is 0 Å². The van der Waals surface area contributed by atoms with Gasteiger partial charge < -0.3 is 5.32 Å². The average molecular weight is 357 g/mol. The second-order valence-corrected chi connectivity index (χ2v) is 5.76. The smallest absolute Gasteiger partial charge is 0.295 e. The van der Waals surface area contributed by atoms with E-state index in [4.69, 9.17) is 0 Å². The molecule has 0 bridgehead atoms. The largest absolute Gasteiger partial charge is 0.326 e. The number of aromatic nitrogens is 3. The summed E-state index contributed by atoms with van der Waals surface area (Å²) >= 11 is 1.18. The van der Waals surface area contributed by atoms with E-state index in [0.29, 0.717) is 16.5 Å². The van der Waals surface area contributed by atoms with Gasteiger partial charge in [0.15, 0.2) is 5.13 Å². The summed E-state index contributed by atoms with van der Waals surface area (Å²) in [5.74, 6) is -1.21. The molecule has 0 aliphatic heterocycles. The number of rotatable bonds is 5. The molecule has 0 unspecified atom stereocenters. The third kappa shape index (κ3) is 4.64. The van der Waals surface area contributed by atoms with Gasteiger partial charge in [-0.05, 0) is 24.3 Å². The van der Waals surface area contributed by atoms with Crippen LogP contribution in [0.4, 0.5) is 15.2 Å². The number of anilines is 2. The van der Waals surface area contributed by atoms with Crippen molar-refractivity contribution < 1.29 is 14.0 Å². The second kappa shape index (κ2) is 7.58. The molecule has 7 nitrogen and oxygen atoms in total. The molecular formula is C16H12FN5O2S. The van der Waals surface area contributed by atoms with E-state index in [1.807, 2.05) is 0 Å². The Kier molecular flexibility index (Phi) is 5.05. The fourth-order valence-electron chi connectivity index (χ4n) is 1.95. The van der Waals surface area contributed by atoms with Gasteiger partial charge in [-0.15, -0.1) is 11.3 Å². The molecule has 0 aliphatic carbocycles. The molecule has 2 amide bonds. The molecule has 1 aromatic carbocycles. The van der Waals surface area contributed by atoms with Gasteiger partial charge in [0, 0.05) is 23.5 Å². The Bertz CT molecular complexity index is 900. The Morgan fingerprint density at radius 3 is 2.68 bits per heavy atom. The van der Waals surface area contributed by atoms with Crippen molar-refractivity contribution in [3.8, 4) is 0 Å². The lowest BCUT2D eigenvalue weighted by Crippen LogP contribution is -2.16. The van der Waals surface area contributed by atoms with Gasteiger partial charge in [-0.25, -0.2) is 19.3 Å². The van der Waals surface area contributed by atoms with Crippen LogP contribution >= 0.6 is 11.3 Å². The van der Waals surface area contributed by atoms with Crippen LogP contribution in [0.2, 0.25) is 0 Å². The third-order valence-corrected chi connectivity index (χ3v) is 3.80. The first-order valence-electron chi connectivity index (χ1n) is 7.18. The minimum absolute atomic E-state index is 0.00468. The van der Waals surface area contributed by atoms with Crippen LogP contribution in [0.5, 0.6) is 0 Å². The van der Waals surface area contributed by atoms with Crippen molar-refractivity contribution in [3.05, 3.63) is 65.4 Å². The van der Waals surface area contributed by atoms with Crippen molar-refractivity contribution in [1.82, 2.24) is 15.0 Å². The number of nitrogens with one attached hydrogen (secondary N) is 2. The molecule has 2 aromatic heterocycles. The molecule has 0 saturated heterocycles. The van der Waals surface area contributed by atoms with Crippen LogP contribution in [0.15, 0.2) is 48.1 Å². The Balaban J connectivity index is 1.58. The van der Waals surface area contributed by atoms with E-state index < -0.39 is 11.7 Å². The van der Waals surface area contributed by atoms with Crippen molar-refractivity contribution in [3.63, 3.8) is 0 Å². The van der Waals surface area contributed by atoms with E-state index in [1.54, 1.807) is 17.5 Å². The molecule has 3 aromatic rings. The van der Waals surface area contributed by atoms with Gasteiger partial charge in [0.1, 0.15) is 5.82 Å². The SMILES string of the molecule is O=C(Cc1csc(NC(=O)c2ncccn2)n1)Nc1cccc(F)c1. The van der Waals surface area contributed by atoms with Gasteiger partial charge in [0.25, 0.3) is 5.91 Å². The molecule has 2 N–H and O–H groups in total. The number of halogens is 1. The summed E-state index contributed by atoms with van der Waals surface area (Å²) in [6.45, 7) is 0. The summed E-state index contributed by atoms with van der Waals surface area (Å²) in [5, 5.41) is 7.15. The number of thiazole rings is 1. The maximum absolute atomic E-state index is 13.1. The van der Waals surface area contributed by atoms with Crippen molar-refractivity contribution >= 4 is 34.0 Å². The predicted molar refractivity (Wildman–Crippen MR) is 90.8 cm³/mol. The second-order valence-electron chi connectivity index (χ2n) is 4.91. The van der Waals surface area contributed by atoms with Crippen molar-refractivity contribution in [2.75, 3.05) is 10.6 Å². The lowest BCUT2D eigenvalue weighted by Gasteiger charge is -2.03. The Labute approximate surface area is 146 Å². The van der Waals surface area contributed by atoms with Crippen LogP contribution in [0, 0.1) is 5.82 Å². The van der Waals surface area contributed by atoms with Crippen LogP contribution in [-0.2, 0) is 11.2 Å². The molecule has 0 saturated carbocycles. The molecule has 0 spiro atoms. The Hall–Kier alpha value is -3.20. The van der Waals surface area contributed by atoms with E-state index in [9.17, 15) is 14.0 Å². The van der Waals surface area contributed by atoms with Gasteiger partial charge >= 0.3 is 0 Å². The summed E-state index contributed by atoms with van der Waals surface area (Å²) < 4.78 is 13.1. The highest BCUT2D eigenvalue weighted by Gasteiger charge is 2.13. The zero-order chi connectivity index (χ0) is 17.6. The summed E-state index contributed by atoms with van der Waals surface area (Å²) in [7, 11) is 0. The number of carbonyl (C=O) groups is 2. The first-order chi connectivity index (χ1) is 12.1. The molecule has 0 atom stereocenters. The zero-order valence-corrected chi connectivity index (χ0v) is 13.6. The van der Waals surface area contributed by atoms with Gasteiger partial charge in [-0.3, -0.25) is 14.9 Å². The lowest BCUT2D eigenvalue weighted by atomic mass is 10.3. The fourth-order valence-corrected chi connectivity index (χ4v) is 2.66. The Morgan fingerprint density at radius 1 is 1.12 bits per heavy atom. The van der Waals surface area contributed by atoms with E-state index >= 15 is 0 Å². The maximum atomic E-state index is 13.1. The molecule has 0 fully saturated rings. The topological polar surface area (TPSA) is 96.9 Å². The van der Waals surface area contributed by atoms with E-state index in [-0.39, 0.29) is 18.2 Å². The number of carbonyl (C=O) groups excluding carboxylic acids is 2. The monoisotopic (exact) mass is 357 g/mol. The molecule has 2 heterocycles. The summed E-state index contributed by atoms with van der Waals surface area (Å²) in [5.41, 5.74) is 0.859. The number of amides is 2. The predicted octanol–water partition coefficient (Wildman–Crippen LogP) is 2.51. The molecule has 126 valence electrons. The third-order valence-electron chi connectivity index (χ3n) is 2.99. The van der Waals surface area contributed by atoms with Crippen molar-refractivity contribution in [2.24, 2.45) is 0 Å². The normalized spacial score (nSPS) is 10.3. The average Bonchev–Trinajstić information content (AvgIpc) is 3.02. The summed E-state index contributed by atoms with van der Waals surface area (Å²) in [6, 6.07) is 7.22. The molecular weight excluding hydrogens is 345 g/mol. The molecule has 0 radical (unpaired) electrons. The highest BCUT2D eigenvalue weighted by molar-refractivity contribution is 7.14. The fraction of sp³-hybridized carbons (Fsp3) is 0.0625. The van der Waals surface area contributed by atoms with Gasteiger partial charge in [0.05, 0.1) is 12.1 Å². The number of nitrogens with zero attached hydrogens (tertiary/aromatic N) is 3. The van der Waals surface area contributed by atoms with E-state index in [1.165, 1.54) is 41.9 Å². The van der Waals surface area contributed by atoms with Gasteiger partial charge in [0.2, 0.25) is 11.7 Å². The first kappa shape index (κ1) is 16.7. The molecule has 0 aliphatic rings. The van der Waals surface area contributed by atoms with Gasteiger partial charge in [-0.1, -0.05) is 6.07 Å². The van der Waals surface area contributed by atoms with Crippen LogP contribution in [0.3, 0.4) is 0 Å². The van der Waals surface area contributed by atoms with E-state index in [2.05, 4.69) is 25.6 Å². The zero-order valence-electron chi connectivity index (χ0n) is 12.8. The maximum Gasteiger partial charge on any atom is 0.295 e. The van der Waals surface area contributed by atoms with Crippen molar-refractivity contribution in [2.45, 2.75) is 6.42 Å². The minimum atomic E-state index is -0.481. The number of hydrogen-bond donors (Lipinski definition) is 2. The first-order valence-corrected chi connectivity index (χ1v) is 8.06. The summed E-state index contributed by atoms with van der Waals surface area (Å²) in [6.07, 6.45) is 2.93. The number of hydrogen-bond acceptors (Lipinski definition) is 6. The highest BCUT2D eigenvalue weighted by Crippen LogP contribution is 2.17. The highest BCUT2D eigenvalue weighted by atomic mass is 32.1. The number of benzene rings is 1. The molecule has 25 heavy (non-hydrogen) atoms. The standard InChI is InChI=1S/C16H12FN5O2S/c17-10-3-1-4-11(7-10)20-13(23)8-12-9-25-16(21-12)22-15(24)14-18-5-2-6-19-14/h1-7,9H,8H2,(H,20,23)(H,21,22,24). The van der Waals surface area contributed by atoms with Gasteiger partial charge in [-0.2, -0.15) is 0 Å².